The lowest BCUT2D eigenvalue weighted by molar-refractivity contribution is -0.140. The number of hydrogen-bond donors (Lipinski definition) is 1. The van der Waals surface area contributed by atoms with E-state index in [4.69, 9.17) is 16.7 Å². The Morgan fingerprint density at radius 2 is 2.13 bits per heavy atom. The van der Waals surface area contributed by atoms with Gasteiger partial charge in [0.15, 0.2) is 0 Å². The van der Waals surface area contributed by atoms with Gasteiger partial charge in [0.1, 0.15) is 5.82 Å². The molecular weight excluding hydrogens is 286 g/mol. The highest BCUT2D eigenvalue weighted by Gasteiger charge is 2.54. The highest BCUT2D eigenvalue weighted by Crippen LogP contribution is 2.52. The molecule has 0 aliphatic heterocycles. The first-order chi connectivity index (χ1) is 6.99. The normalized spacial score (nSPS) is 17.5. The second-order valence-electron chi connectivity index (χ2n) is 3.61. The van der Waals surface area contributed by atoms with Crippen molar-refractivity contribution < 1.29 is 14.3 Å². The number of hydrogen-bond acceptors (Lipinski definition) is 1. The van der Waals surface area contributed by atoms with Crippen LogP contribution >= 0.6 is 27.5 Å². The molecule has 0 heterocycles. The number of carbonyl (C=O) groups is 1. The summed E-state index contributed by atoms with van der Waals surface area (Å²) in [6, 6.07) is 2.60. The van der Waals surface area contributed by atoms with Gasteiger partial charge < -0.3 is 5.11 Å². The Balaban J connectivity index is 2.62. The van der Waals surface area contributed by atoms with Gasteiger partial charge in [-0.05, 0) is 40.9 Å². The average molecular weight is 294 g/mol. The van der Waals surface area contributed by atoms with E-state index in [0.29, 0.717) is 22.3 Å². The van der Waals surface area contributed by atoms with E-state index in [0.717, 1.165) is 0 Å². The topological polar surface area (TPSA) is 37.3 Å². The van der Waals surface area contributed by atoms with Crippen molar-refractivity contribution in [1.82, 2.24) is 0 Å². The summed E-state index contributed by atoms with van der Waals surface area (Å²) >= 11 is 8.96. The maximum absolute atomic E-state index is 13.6. The smallest absolute Gasteiger partial charge is 0.314 e. The van der Waals surface area contributed by atoms with Crippen molar-refractivity contribution in [3.63, 3.8) is 0 Å². The third-order valence-electron chi connectivity index (χ3n) is 2.68. The van der Waals surface area contributed by atoms with E-state index in [1.807, 2.05) is 0 Å². The summed E-state index contributed by atoms with van der Waals surface area (Å²) in [5, 5.41) is 9.40. The molecule has 1 aromatic carbocycles. The Hall–Kier alpha value is -0.610. The van der Waals surface area contributed by atoms with Crippen molar-refractivity contribution in [3.8, 4) is 0 Å². The molecule has 15 heavy (non-hydrogen) atoms. The van der Waals surface area contributed by atoms with Crippen LogP contribution in [-0.2, 0) is 10.2 Å². The van der Waals surface area contributed by atoms with Crippen LogP contribution < -0.4 is 0 Å². The van der Waals surface area contributed by atoms with Gasteiger partial charge in [-0.15, -0.1) is 0 Å². The summed E-state index contributed by atoms with van der Waals surface area (Å²) in [7, 11) is 0. The van der Waals surface area contributed by atoms with Crippen molar-refractivity contribution in [2.75, 3.05) is 0 Å². The van der Waals surface area contributed by atoms with Crippen LogP contribution in [0.5, 0.6) is 0 Å². The van der Waals surface area contributed by atoms with E-state index in [9.17, 15) is 9.18 Å². The molecule has 1 aromatic rings. The molecule has 2 rings (SSSR count). The van der Waals surface area contributed by atoms with Gasteiger partial charge in [0.05, 0.1) is 10.4 Å². The van der Waals surface area contributed by atoms with Crippen LogP contribution in [0.1, 0.15) is 18.4 Å². The zero-order valence-corrected chi connectivity index (χ0v) is 9.90. The maximum atomic E-state index is 13.6. The molecule has 80 valence electrons. The molecule has 0 radical (unpaired) electrons. The van der Waals surface area contributed by atoms with Gasteiger partial charge in [-0.3, -0.25) is 4.79 Å². The number of rotatable bonds is 2. The molecule has 1 N–H and O–H groups in total. The lowest BCUT2D eigenvalue weighted by Gasteiger charge is -2.14. The van der Waals surface area contributed by atoms with Gasteiger partial charge in [0.25, 0.3) is 0 Å². The van der Waals surface area contributed by atoms with E-state index in [1.165, 1.54) is 12.1 Å². The third kappa shape index (κ3) is 1.56. The fraction of sp³-hybridized carbons (Fsp3) is 0.300. The zero-order chi connectivity index (χ0) is 11.2. The monoisotopic (exact) mass is 292 g/mol. The molecule has 1 aliphatic rings. The zero-order valence-electron chi connectivity index (χ0n) is 7.56. The van der Waals surface area contributed by atoms with E-state index in [1.54, 1.807) is 0 Å². The van der Waals surface area contributed by atoms with Crippen LogP contribution in [-0.4, -0.2) is 11.1 Å². The minimum Gasteiger partial charge on any atom is -0.481 e. The van der Waals surface area contributed by atoms with Crippen LogP contribution in [0.25, 0.3) is 0 Å². The summed E-state index contributed by atoms with van der Waals surface area (Å²) in [6.07, 6.45) is 0.913. The van der Waals surface area contributed by atoms with Crippen molar-refractivity contribution in [1.29, 1.82) is 0 Å². The minimum absolute atomic E-state index is 0.169. The van der Waals surface area contributed by atoms with Gasteiger partial charge in [0, 0.05) is 10.0 Å². The Morgan fingerprint density at radius 3 is 2.60 bits per heavy atom. The molecule has 0 bridgehead atoms. The number of benzene rings is 1. The fourth-order valence-corrected chi connectivity index (χ4v) is 2.52. The second kappa shape index (κ2) is 3.46. The lowest BCUT2D eigenvalue weighted by atomic mass is 9.96. The molecule has 2 nitrogen and oxygen atoms in total. The molecule has 1 aliphatic carbocycles. The quantitative estimate of drug-likeness (QED) is 0.849. The summed E-state index contributed by atoms with van der Waals surface area (Å²) in [4.78, 5) is 11.1. The number of carboxylic acid groups (broad SMARTS) is 1. The molecule has 5 heteroatoms. The highest BCUT2D eigenvalue weighted by atomic mass is 79.9. The predicted octanol–water partition coefficient (Wildman–Crippen LogP) is 3.36. The van der Waals surface area contributed by atoms with Crippen LogP contribution in [0.15, 0.2) is 16.6 Å². The molecular formula is C10H7BrClFO2. The third-order valence-corrected chi connectivity index (χ3v) is 4.05. The van der Waals surface area contributed by atoms with Crippen molar-refractivity contribution in [2.45, 2.75) is 18.3 Å². The number of carboxylic acids is 1. The van der Waals surface area contributed by atoms with Crippen molar-refractivity contribution in [2.24, 2.45) is 0 Å². The maximum Gasteiger partial charge on any atom is 0.314 e. The molecule has 1 fully saturated rings. The minimum atomic E-state index is -1.08. The van der Waals surface area contributed by atoms with Gasteiger partial charge in [-0.2, -0.15) is 0 Å². The number of aliphatic carboxylic acids is 1. The predicted molar refractivity (Wildman–Crippen MR) is 57.7 cm³/mol. The fourth-order valence-electron chi connectivity index (χ4n) is 1.66. The molecule has 0 unspecified atom stereocenters. The van der Waals surface area contributed by atoms with E-state index in [-0.39, 0.29) is 5.56 Å². The highest BCUT2D eigenvalue weighted by molar-refractivity contribution is 9.10. The Morgan fingerprint density at radius 1 is 1.53 bits per heavy atom. The Kier molecular flexibility index (Phi) is 2.51. The van der Waals surface area contributed by atoms with Gasteiger partial charge >= 0.3 is 5.97 Å². The number of halogens is 3. The van der Waals surface area contributed by atoms with E-state index < -0.39 is 17.2 Å². The van der Waals surface area contributed by atoms with Crippen LogP contribution in [0.3, 0.4) is 0 Å². The van der Waals surface area contributed by atoms with Crippen LogP contribution in [0.2, 0.25) is 5.02 Å². The largest absolute Gasteiger partial charge is 0.481 e. The van der Waals surface area contributed by atoms with Crippen LogP contribution in [0.4, 0.5) is 4.39 Å². The van der Waals surface area contributed by atoms with E-state index >= 15 is 0 Å². The van der Waals surface area contributed by atoms with Crippen LogP contribution in [0, 0.1) is 5.82 Å². The first-order valence-corrected chi connectivity index (χ1v) is 5.53. The summed E-state index contributed by atoms with van der Waals surface area (Å²) in [5.74, 6) is -1.52. The van der Waals surface area contributed by atoms with Crippen molar-refractivity contribution in [3.05, 3.63) is 33.0 Å². The average Bonchev–Trinajstić information content (AvgIpc) is 2.93. The van der Waals surface area contributed by atoms with E-state index in [2.05, 4.69) is 15.9 Å². The SMILES string of the molecule is O=C(O)C1(c2c(F)ccc(Cl)c2Br)CC1. The standard InChI is InChI=1S/C10H7BrClFO2/c11-8-5(12)1-2-6(13)7(8)10(3-4-10)9(14)15/h1-2H,3-4H2,(H,14,15). The molecule has 0 amide bonds. The molecule has 0 saturated heterocycles. The van der Waals surface area contributed by atoms with Crippen molar-refractivity contribution >= 4 is 33.5 Å². The summed E-state index contributed by atoms with van der Waals surface area (Å²) in [5.41, 5.74) is -0.907. The Labute approximate surface area is 99.2 Å². The lowest BCUT2D eigenvalue weighted by Crippen LogP contribution is -2.21. The molecule has 0 spiro atoms. The summed E-state index contributed by atoms with van der Waals surface area (Å²) in [6.45, 7) is 0. The summed E-state index contributed by atoms with van der Waals surface area (Å²) < 4.78 is 13.9. The molecule has 0 atom stereocenters. The van der Waals surface area contributed by atoms with Gasteiger partial charge in [-0.1, -0.05) is 11.6 Å². The van der Waals surface area contributed by atoms with Gasteiger partial charge in [-0.25, -0.2) is 4.39 Å². The van der Waals surface area contributed by atoms with Gasteiger partial charge in [0.2, 0.25) is 0 Å². The first kappa shape index (κ1) is 10.9. The first-order valence-electron chi connectivity index (χ1n) is 4.36. The second-order valence-corrected chi connectivity index (χ2v) is 4.81. The molecule has 0 aromatic heterocycles. The molecule has 1 saturated carbocycles. The Bertz CT molecular complexity index is 443.